The predicted octanol–water partition coefficient (Wildman–Crippen LogP) is 3.12. The summed E-state index contributed by atoms with van der Waals surface area (Å²) in [5.74, 6) is 0. The van der Waals surface area contributed by atoms with Crippen molar-refractivity contribution in [2.24, 2.45) is 0 Å². The van der Waals surface area contributed by atoms with E-state index in [4.69, 9.17) is 16.9 Å². The van der Waals surface area contributed by atoms with Gasteiger partial charge in [-0.05, 0) is 24.1 Å². The van der Waals surface area contributed by atoms with Gasteiger partial charge in [-0.1, -0.05) is 30.7 Å². The third kappa shape index (κ3) is 4.33. The summed E-state index contributed by atoms with van der Waals surface area (Å²) in [6.45, 7) is 2.87. The Balaban J connectivity index is 2.42. The average Bonchev–Trinajstić information content (AvgIpc) is 2.26. The summed E-state index contributed by atoms with van der Waals surface area (Å²) in [4.78, 5) is 0. The van der Waals surface area contributed by atoms with Crippen LogP contribution in [-0.4, -0.2) is 6.04 Å². The van der Waals surface area contributed by atoms with Gasteiger partial charge in [0.05, 0.1) is 12.5 Å². The van der Waals surface area contributed by atoms with Gasteiger partial charge in [-0.3, -0.25) is 0 Å². The highest BCUT2D eigenvalue weighted by Crippen LogP contribution is 2.09. The van der Waals surface area contributed by atoms with E-state index in [1.165, 1.54) is 5.56 Å². The van der Waals surface area contributed by atoms with Gasteiger partial charge in [0.15, 0.2) is 0 Å². The third-order valence-electron chi connectivity index (χ3n) is 2.34. The maximum atomic E-state index is 8.59. The molecule has 0 unspecified atom stereocenters. The molecule has 1 atom stereocenters. The summed E-state index contributed by atoms with van der Waals surface area (Å²) in [5.41, 5.74) is 1.19. The van der Waals surface area contributed by atoms with Crippen molar-refractivity contribution in [2.75, 3.05) is 0 Å². The highest BCUT2D eigenvalue weighted by molar-refractivity contribution is 6.30. The monoisotopic (exact) mass is 222 g/mol. The van der Waals surface area contributed by atoms with Crippen LogP contribution in [0.1, 0.15) is 25.3 Å². The first-order chi connectivity index (χ1) is 7.26. The number of nitriles is 1. The van der Waals surface area contributed by atoms with Crippen LogP contribution in [-0.2, 0) is 6.54 Å². The number of hydrogen-bond acceptors (Lipinski definition) is 2. The van der Waals surface area contributed by atoms with Crippen LogP contribution in [0.15, 0.2) is 24.3 Å². The van der Waals surface area contributed by atoms with Crippen LogP contribution in [0.3, 0.4) is 0 Å². The molecule has 0 radical (unpaired) electrons. The first-order valence-corrected chi connectivity index (χ1v) is 5.48. The average molecular weight is 223 g/mol. The molecule has 0 saturated carbocycles. The fourth-order valence-corrected chi connectivity index (χ4v) is 1.46. The van der Waals surface area contributed by atoms with Gasteiger partial charge >= 0.3 is 0 Å². The SMILES string of the molecule is CC[C@@H](CC#N)NCc1ccc(Cl)cc1. The van der Waals surface area contributed by atoms with Crippen LogP contribution in [0.4, 0.5) is 0 Å². The molecule has 0 aliphatic rings. The number of nitrogens with zero attached hydrogens (tertiary/aromatic N) is 1. The molecule has 0 saturated heterocycles. The van der Waals surface area contributed by atoms with Gasteiger partial charge < -0.3 is 5.32 Å². The summed E-state index contributed by atoms with van der Waals surface area (Å²) in [5, 5.41) is 12.7. The van der Waals surface area contributed by atoms with Crippen molar-refractivity contribution in [1.82, 2.24) is 5.32 Å². The van der Waals surface area contributed by atoms with E-state index >= 15 is 0 Å². The summed E-state index contributed by atoms with van der Waals surface area (Å²) < 4.78 is 0. The number of benzene rings is 1. The number of nitrogens with one attached hydrogen (secondary N) is 1. The molecule has 15 heavy (non-hydrogen) atoms. The fourth-order valence-electron chi connectivity index (χ4n) is 1.34. The van der Waals surface area contributed by atoms with E-state index in [9.17, 15) is 0 Å². The predicted molar refractivity (Wildman–Crippen MR) is 62.6 cm³/mol. The van der Waals surface area contributed by atoms with Crippen molar-refractivity contribution >= 4 is 11.6 Å². The molecule has 1 rings (SSSR count). The lowest BCUT2D eigenvalue weighted by Crippen LogP contribution is -2.27. The minimum Gasteiger partial charge on any atom is -0.309 e. The van der Waals surface area contributed by atoms with Crippen molar-refractivity contribution in [2.45, 2.75) is 32.4 Å². The Labute approximate surface area is 95.9 Å². The second-order valence-corrected chi connectivity index (χ2v) is 3.91. The van der Waals surface area contributed by atoms with Gasteiger partial charge in [0.25, 0.3) is 0 Å². The molecule has 0 aliphatic carbocycles. The minimum atomic E-state index is 0.283. The fraction of sp³-hybridized carbons (Fsp3) is 0.417. The second kappa shape index (κ2) is 6.44. The van der Waals surface area contributed by atoms with Gasteiger partial charge in [0.2, 0.25) is 0 Å². The Morgan fingerprint density at radius 3 is 2.60 bits per heavy atom. The molecule has 1 N–H and O–H groups in total. The smallest absolute Gasteiger partial charge is 0.0638 e. The molecule has 2 nitrogen and oxygen atoms in total. The Morgan fingerprint density at radius 1 is 1.40 bits per heavy atom. The van der Waals surface area contributed by atoms with Gasteiger partial charge in [-0.25, -0.2) is 0 Å². The molecule has 0 aliphatic heterocycles. The Morgan fingerprint density at radius 2 is 2.07 bits per heavy atom. The zero-order valence-corrected chi connectivity index (χ0v) is 9.59. The van der Waals surface area contributed by atoms with Crippen molar-refractivity contribution < 1.29 is 0 Å². The van der Waals surface area contributed by atoms with E-state index < -0.39 is 0 Å². The van der Waals surface area contributed by atoms with E-state index in [-0.39, 0.29) is 6.04 Å². The highest BCUT2D eigenvalue weighted by atomic mass is 35.5. The molecule has 0 fully saturated rings. The van der Waals surface area contributed by atoms with Crippen LogP contribution in [0.2, 0.25) is 5.02 Å². The standard InChI is InChI=1S/C12H15ClN2/c1-2-12(7-8-14)15-9-10-3-5-11(13)6-4-10/h3-6,12,15H,2,7,9H2,1H3/t12-/m0/s1. The Bertz CT molecular complexity index is 326. The zero-order valence-electron chi connectivity index (χ0n) is 8.83. The van der Waals surface area contributed by atoms with Crippen LogP contribution in [0.25, 0.3) is 0 Å². The van der Waals surface area contributed by atoms with E-state index in [0.717, 1.165) is 18.0 Å². The molecule has 80 valence electrons. The second-order valence-electron chi connectivity index (χ2n) is 3.47. The molecule has 0 aromatic heterocycles. The number of halogens is 1. The van der Waals surface area contributed by atoms with E-state index in [2.05, 4.69) is 18.3 Å². The lowest BCUT2D eigenvalue weighted by molar-refractivity contribution is 0.505. The van der Waals surface area contributed by atoms with E-state index in [1.807, 2.05) is 24.3 Å². The van der Waals surface area contributed by atoms with Gasteiger partial charge in [0.1, 0.15) is 0 Å². The molecule has 0 spiro atoms. The lowest BCUT2D eigenvalue weighted by atomic mass is 10.1. The molecule has 1 aromatic rings. The Kier molecular flexibility index (Phi) is 5.17. The lowest BCUT2D eigenvalue weighted by Gasteiger charge is -2.13. The molecule has 0 bridgehead atoms. The largest absolute Gasteiger partial charge is 0.309 e. The molecular weight excluding hydrogens is 208 g/mol. The van der Waals surface area contributed by atoms with Crippen LogP contribution >= 0.6 is 11.6 Å². The summed E-state index contributed by atoms with van der Waals surface area (Å²) in [6.07, 6.45) is 1.53. The van der Waals surface area contributed by atoms with Gasteiger partial charge in [-0.15, -0.1) is 0 Å². The Hall–Kier alpha value is -1.04. The van der Waals surface area contributed by atoms with Crippen LogP contribution in [0, 0.1) is 11.3 Å². The quantitative estimate of drug-likeness (QED) is 0.831. The van der Waals surface area contributed by atoms with Gasteiger partial charge in [-0.2, -0.15) is 5.26 Å². The normalized spacial score (nSPS) is 12.1. The third-order valence-corrected chi connectivity index (χ3v) is 2.59. The summed E-state index contributed by atoms with van der Waals surface area (Å²) in [7, 11) is 0. The van der Waals surface area contributed by atoms with Crippen molar-refractivity contribution in [3.05, 3.63) is 34.9 Å². The molecular formula is C12H15ClN2. The van der Waals surface area contributed by atoms with Crippen LogP contribution in [0.5, 0.6) is 0 Å². The van der Waals surface area contributed by atoms with Crippen molar-refractivity contribution in [3.63, 3.8) is 0 Å². The first kappa shape index (κ1) is 12.0. The maximum absolute atomic E-state index is 8.59. The number of rotatable bonds is 5. The first-order valence-electron chi connectivity index (χ1n) is 5.11. The van der Waals surface area contributed by atoms with Gasteiger partial charge in [0, 0.05) is 17.6 Å². The summed E-state index contributed by atoms with van der Waals surface area (Å²) in [6, 6.07) is 10.2. The maximum Gasteiger partial charge on any atom is 0.0638 e. The molecule has 0 amide bonds. The van der Waals surface area contributed by atoms with Crippen molar-refractivity contribution in [3.8, 4) is 6.07 Å². The van der Waals surface area contributed by atoms with E-state index in [0.29, 0.717) is 6.42 Å². The molecule has 0 heterocycles. The minimum absolute atomic E-state index is 0.283. The van der Waals surface area contributed by atoms with Crippen LogP contribution < -0.4 is 5.32 Å². The zero-order chi connectivity index (χ0) is 11.1. The van der Waals surface area contributed by atoms with E-state index in [1.54, 1.807) is 0 Å². The summed E-state index contributed by atoms with van der Waals surface area (Å²) >= 11 is 5.79. The molecule has 1 aromatic carbocycles. The highest BCUT2D eigenvalue weighted by Gasteiger charge is 2.04. The molecule has 3 heteroatoms. The van der Waals surface area contributed by atoms with Crippen molar-refractivity contribution in [1.29, 1.82) is 5.26 Å². The number of hydrogen-bond donors (Lipinski definition) is 1. The topological polar surface area (TPSA) is 35.8 Å².